The molecule has 0 aromatic carbocycles. The van der Waals surface area contributed by atoms with E-state index in [1.807, 2.05) is 26.0 Å². The second-order valence-electron chi connectivity index (χ2n) is 10.6. The molecule has 0 aliphatic carbocycles. The van der Waals surface area contributed by atoms with Crippen LogP contribution in [-0.2, 0) is 14.3 Å². The minimum absolute atomic E-state index is 0.0963. The maximum Gasteiger partial charge on any atom is 0.312 e. The molecule has 2 heterocycles. The van der Waals surface area contributed by atoms with Gasteiger partial charge in [0.1, 0.15) is 6.10 Å². The minimum atomic E-state index is -0.532. The third kappa shape index (κ3) is 7.63. The number of hydrogen-bond acceptors (Lipinski definition) is 3. The van der Waals surface area contributed by atoms with Crippen LogP contribution >= 0.6 is 0 Å². The first-order valence-electron chi connectivity index (χ1n) is 12.5. The van der Waals surface area contributed by atoms with E-state index in [9.17, 15) is 4.79 Å². The van der Waals surface area contributed by atoms with Gasteiger partial charge in [-0.15, -0.1) is 0 Å². The number of cyclic esters (lactones) is 1. The van der Waals surface area contributed by atoms with Crippen molar-refractivity contribution in [1.29, 1.82) is 0 Å². The molecule has 31 heavy (non-hydrogen) atoms. The molecule has 0 bridgehead atoms. The lowest BCUT2D eigenvalue weighted by Crippen LogP contribution is -2.45. The third-order valence-corrected chi connectivity index (χ3v) is 7.88. The van der Waals surface area contributed by atoms with E-state index in [0.717, 1.165) is 32.1 Å². The van der Waals surface area contributed by atoms with Gasteiger partial charge in [0.15, 0.2) is 0 Å². The Hall–Kier alpha value is -1.35. The molecule has 0 amide bonds. The average molecular weight is 431 g/mol. The quantitative estimate of drug-likeness (QED) is 0.172. The fourth-order valence-corrected chi connectivity index (χ4v) is 4.30. The van der Waals surface area contributed by atoms with E-state index in [-0.39, 0.29) is 17.5 Å². The lowest BCUT2D eigenvalue weighted by Gasteiger charge is -2.44. The second-order valence-corrected chi connectivity index (χ2v) is 10.6. The largest absolute Gasteiger partial charge is 0.457 e. The number of carbonyl (C=O) groups is 1. The van der Waals surface area contributed by atoms with Gasteiger partial charge in [-0.3, -0.25) is 4.79 Å². The molecule has 3 nitrogen and oxygen atoms in total. The average Bonchev–Trinajstić information content (AvgIpc) is 3.48. The molecule has 0 aromatic heterocycles. The normalized spacial score (nSPS) is 32.4. The Morgan fingerprint density at radius 1 is 1.10 bits per heavy atom. The zero-order valence-electron chi connectivity index (χ0n) is 20.9. The highest BCUT2D eigenvalue weighted by Crippen LogP contribution is 2.47. The van der Waals surface area contributed by atoms with E-state index in [1.165, 1.54) is 25.7 Å². The fraction of sp³-hybridized carbons (Fsp3) is 0.750. The van der Waals surface area contributed by atoms with Gasteiger partial charge in [-0.1, -0.05) is 70.9 Å². The number of epoxide rings is 1. The number of hydrogen-bond donors (Lipinski definition) is 0. The van der Waals surface area contributed by atoms with Crippen LogP contribution in [0.4, 0.5) is 0 Å². The highest BCUT2D eigenvalue weighted by atomic mass is 16.6. The summed E-state index contributed by atoms with van der Waals surface area (Å²) >= 11 is 0. The van der Waals surface area contributed by atoms with Crippen molar-refractivity contribution in [2.45, 2.75) is 118 Å². The van der Waals surface area contributed by atoms with E-state index < -0.39 is 5.41 Å². The first-order valence-corrected chi connectivity index (χ1v) is 12.5. The molecule has 1 fully saturated rings. The van der Waals surface area contributed by atoms with Crippen molar-refractivity contribution in [2.75, 3.05) is 0 Å². The molecule has 2 rings (SSSR count). The van der Waals surface area contributed by atoms with Crippen LogP contribution < -0.4 is 0 Å². The Bertz CT molecular complexity index is 641. The van der Waals surface area contributed by atoms with Gasteiger partial charge in [-0.25, -0.2) is 0 Å². The van der Waals surface area contributed by atoms with Crippen molar-refractivity contribution in [2.24, 2.45) is 16.7 Å². The molecule has 176 valence electrons. The van der Waals surface area contributed by atoms with E-state index in [2.05, 4.69) is 52.0 Å². The predicted molar refractivity (Wildman–Crippen MR) is 130 cm³/mol. The summed E-state index contributed by atoms with van der Waals surface area (Å²) in [6, 6.07) is 0. The summed E-state index contributed by atoms with van der Waals surface area (Å²) in [5, 5.41) is 0. The third-order valence-electron chi connectivity index (χ3n) is 7.88. The first-order chi connectivity index (χ1) is 14.7. The Labute approximate surface area is 191 Å². The maximum absolute atomic E-state index is 13.1. The summed E-state index contributed by atoms with van der Waals surface area (Å²) < 4.78 is 11.7. The molecule has 0 spiro atoms. The topological polar surface area (TPSA) is 38.8 Å². The van der Waals surface area contributed by atoms with Crippen LogP contribution in [0, 0.1) is 16.7 Å². The number of carbonyl (C=O) groups excluding carboxylic acids is 1. The minimum Gasteiger partial charge on any atom is -0.457 e. The molecular weight excluding hydrogens is 384 g/mol. The van der Waals surface area contributed by atoms with Crippen molar-refractivity contribution < 1.29 is 14.3 Å². The van der Waals surface area contributed by atoms with Gasteiger partial charge in [-0.05, 0) is 69.8 Å². The Morgan fingerprint density at radius 2 is 1.84 bits per heavy atom. The standard InChI is InChI=1S/C28H46O3/c1-7-8-20-24-25(31-24)21-16-12-11-15-19-23-18-14-10-9-13-17-22(2)27(3,4)28(5,6)26(29)30-23/h10-12,14-15,19,22-25H,7-9,13,16-18,20-21H2,1-6H3/b12-11?,14-10-,19-15?. The SMILES string of the molecule is CCCCC1OC1CCC=CC=CC1C/C=C\CCCC(C)C(C)(C)C(C)(C)C(=O)O1. The van der Waals surface area contributed by atoms with Gasteiger partial charge in [0.2, 0.25) is 0 Å². The molecule has 1 saturated heterocycles. The van der Waals surface area contributed by atoms with Crippen LogP contribution in [0.3, 0.4) is 0 Å². The maximum atomic E-state index is 13.1. The van der Waals surface area contributed by atoms with E-state index >= 15 is 0 Å². The van der Waals surface area contributed by atoms with Gasteiger partial charge in [-0.2, -0.15) is 0 Å². The summed E-state index contributed by atoms with van der Waals surface area (Å²) in [5.41, 5.74) is -0.656. The van der Waals surface area contributed by atoms with Crippen LogP contribution in [0.1, 0.15) is 99.3 Å². The summed E-state index contributed by atoms with van der Waals surface area (Å²) in [5.74, 6) is 0.359. The van der Waals surface area contributed by atoms with Crippen LogP contribution in [0.25, 0.3) is 0 Å². The van der Waals surface area contributed by atoms with Gasteiger partial charge < -0.3 is 9.47 Å². The molecular formula is C28H46O3. The number of allylic oxidation sites excluding steroid dienone is 4. The van der Waals surface area contributed by atoms with Crippen molar-refractivity contribution in [3.63, 3.8) is 0 Å². The number of rotatable bonds is 8. The fourth-order valence-electron chi connectivity index (χ4n) is 4.30. The molecule has 4 atom stereocenters. The number of ether oxygens (including phenoxy) is 2. The monoisotopic (exact) mass is 430 g/mol. The van der Waals surface area contributed by atoms with Gasteiger partial charge in [0, 0.05) is 6.42 Å². The highest BCUT2D eigenvalue weighted by molar-refractivity contribution is 5.77. The van der Waals surface area contributed by atoms with E-state index in [0.29, 0.717) is 18.1 Å². The summed E-state index contributed by atoms with van der Waals surface area (Å²) in [6.45, 7) is 13.0. The van der Waals surface area contributed by atoms with E-state index in [1.54, 1.807) is 0 Å². The molecule has 2 aliphatic rings. The number of unbranched alkanes of at least 4 members (excludes halogenated alkanes) is 1. The molecule has 0 radical (unpaired) electrons. The first kappa shape index (κ1) is 25.9. The van der Waals surface area contributed by atoms with Crippen LogP contribution in [0.15, 0.2) is 36.5 Å². The van der Waals surface area contributed by atoms with E-state index in [4.69, 9.17) is 9.47 Å². The summed E-state index contributed by atoms with van der Waals surface area (Å²) in [7, 11) is 0. The van der Waals surface area contributed by atoms with Crippen LogP contribution in [0.2, 0.25) is 0 Å². The zero-order valence-corrected chi connectivity index (χ0v) is 20.9. The smallest absolute Gasteiger partial charge is 0.312 e. The Morgan fingerprint density at radius 3 is 2.58 bits per heavy atom. The van der Waals surface area contributed by atoms with Crippen molar-refractivity contribution in [1.82, 2.24) is 0 Å². The predicted octanol–water partition coefficient (Wildman–Crippen LogP) is 7.57. The Balaban J connectivity index is 1.90. The number of esters is 1. The lowest BCUT2D eigenvalue weighted by molar-refractivity contribution is -0.167. The molecule has 0 aromatic rings. The summed E-state index contributed by atoms with van der Waals surface area (Å²) in [6.07, 6.45) is 23.4. The highest BCUT2D eigenvalue weighted by Gasteiger charge is 2.47. The van der Waals surface area contributed by atoms with Gasteiger partial charge in [0.25, 0.3) is 0 Å². The molecule has 0 N–H and O–H groups in total. The zero-order chi connectivity index (χ0) is 22.9. The van der Waals surface area contributed by atoms with Gasteiger partial charge in [0.05, 0.1) is 17.6 Å². The van der Waals surface area contributed by atoms with Crippen LogP contribution in [0.5, 0.6) is 0 Å². The van der Waals surface area contributed by atoms with Gasteiger partial charge >= 0.3 is 5.97 Å². The second kappa shape index (κ2) is 12.0. The van der Waals surface area contributed by atoms with Crippen molar-refractivity contribution >= 4 is 5.97 Å². The molecule has 2 aliphatic heterocycles. The van der Waals surface area contributed by atoms with Crippen molar-refractivity contribution in [3.05, 3.63) is 36.5 Å². The van der Waals surface area contributed by atoms with Crippen molar-refractivity contribution in [3.8, 4) is 0 Å². The molecule has 4 unspecified atom stereocenters. The van der Waals surface area contributed by atoms with Crippen LogP contribution in [-0.4, -0.2) is 24.3 Å². The lowest BCUT2D eigenvalue weighted by atomic mass is 9.60. The Kier molecular flexibility index (Phi) is 10.1. The molecule has 0 saturated carbocycles. The summed E-state index contributed by atoms with van der Waals surface area (Å²) in [4.78, 5) is 13.1. The molecule has 3 heteroatoms.